The number of hydrogen-bond donors (Lipinski definition) is 1. The summed E-state index contributed by atoms with van der Waals surface area (Å²) in [5, 5.41) is 12.3. The normalized spacial score (nSPS) is 15.2. The molecule has 0 aliphatic carbocycles. The van der Waals surface area contributed by atoms with Crippen LogP contribution in [-0.2, 0) is 4.74 Å². The highest BCUT2D eigenvalue weighted by Gasteiger charge is 2.24. The van der Waals surface area contributed by atoms with Gasteiger partial charge in [0, 0.05) is 38.6 Å². The molecule has 1 fully saturated rings. The van der Waals surface area contributed by atoms with Crippen molar-refractivity contribution < 1.29 is 13.9 Å². The van der Waals surface area contributed by atoms with Crippen molar-refractivity contribution >= 4 is 5.91 Å². The fourth-order valence-corrected chi connectivity index (χ4v) is 2.80. The van der Waals surface area contributed by atoms with Gasteiger partial charge in [0.15, 0.2) is 0 Å². The summed E-state index contributed by atoms with van der Waals surface area (Å²) in [6.45, 7) is 6.20. The smallest absolute Gasteiger partial charge is 0.256 e. The summed E-state index contributed by atoms with van der Waals surface area (Å²) >= 11 is 0. The number of carbonyl (C=O) groups is 1. The third-order valence-electron chi connectivity index (χ3n) is 4.06. The van der Waals surface area contributed by atoms with E-state index in [1.807, 2.05) is 12.1 Å². The van der Waals surface area contributed by atoms with Gasteiger partial charge in [-0.3, -0.25) is 14.3 Å². The van der Waals surface area contributed by atoms with Crippen molar-refractivity contribution in [2.45, 2.75) is 6.92 Å². The Kier molecular flexibility index (Phi) is 4.99. The molecule has 0 spiro atoms. The molecule has 0 aromatic carbocycles. The minimum atomic E-state index is -0.278. The Morgan fingerprint density at radius 1 is 1.33 bits per heavy atom. The van der Waals surface area contributed by atoms with Crippen molar-refractivity contribution in [3.63, 3.8) is 0 Å². The Labute approximate surface area is 140 Å². The number of carbonyl (C=O) groups excluding carboxylic acids is 1. The standard InChI is InChI=1S/C17H20N4O3/c1-13-15(14(12-18)17(24-13)21-5-2-3-6-21)16(22)19-4-7-20-8-10-23-11-9-20/h2-3,5-6H,4,7-11H2,1H3,(H,19,22). The molecule has 0 bridgehead atoms. The Bertz CT molecular complexity index is 737. The summed E-state index contributed by atoms with van der Waals surface area (Å²) in [6, 6.07) is 5.76. The van der Waals surface area contributed by atoms with E-state index in [1.54, 1.807) is 23.9 Å². The van der Waals surface area contributed by atoms with E-state index in [1.165, 1.54) is 0 Å². The van der Waals surface area contributed by atoms with Crippen LogP contribution >= 0.6 is 0 Å². The first-order valence-corrected chi connectivity index (χ1v) is 7.96. The van der Waals surface area contributed by atoms with E-state index in [9.17, 15) is 10.1 Å². The average molecular weight is 328 g/mol. The minimum Gasteiger partial charge on any atom is -0.443 e. The Balaban J connectivity index is 1.69. The molecule has 0 radical (unpaired) electrons. The van der Waals surface area contributed by atoms with E-state index in [4.69, 9.17) is 9.15 Å². The van der Waals surface area contributed by atoms with E-state index >= 15 is 0 Å². The Morgan fingerprint density at radius 2 is 2.04 bits per heavy atom. The number of furan rings is 1. The van der Waals surface area contributed by atoms with Crippen LogP contribution in [0.4, 0.5) is 0 Å². The maximum Gasteiger partial charge on any atom is 0.256 e. The highest BCUT2D eigenvalue weighted by atomic mass is 16.5. The quantitative estimate of drug-likeness (QED) is 0.895. The molecular formula is C17H20N4O3. The van der Waals surface area contributed by atoms with Crippen molar-refractivity contribution in [1.82, 2.24) is 14.8 Å². The van der Waals surface area contributed by atoms with Gasteiger partial charge in [0.2, 0.25) is 5.88 Å². The monoisotopic (exact) mass is 328 g/mol. The molecule has 0 unspecified atom stereocenters. The minimum absolute atomic E-state index is 0.257. The molecule has 3 rings (SSSR count). The predicted molar refractivity (Wildman–Crippen MR) is 87.1 cm³/mol. The van der Waals surface area contributed by atoms with Crippen LogP contribution < -0.4 is 5.32 Å². The van der Waals surface area contributed by atoms with Gasteiger partial charge < -0.3 is 14.5 Å². The largest absolute Gasteiger partial charge is 0.443 e. The summed E-state index contributed by atoms with van der Waals surface area (Å²) in [5.74, 6) is 0.539. The van der Waals surface area contributed by atoms with Gasteiger partial charge in [-0.25, -0.2) is 0 Å². The third-order valence-corrected chi connectivity index (χ3v) is 4.06. The summed E-state index contributed by atoms with van der Waals surface area (Å²) in [5.41, 5.74) is 0.566. The number of rotatable bonds is 5. The zero-order valence-corrected chi connectivity index (χ0v) is 13.6. The molecule has 1 aliphatic heterocycles. The lowest BCUT2D eigenvalue weighted by Crippen LogP contribution is -2.41. The van der Waals surface area contributed by atoms with Crippen LogP contribution in [0.3, 0.4) is 0 Å². The van der Waals surface area contributed by atoms with Gasteiger partial charge in [-0.2, -0.15) is 5.26 Å². The molecule has 1 aliphatic rings. The lowest BCUT2D eigenvalue weighted by atomic mass is 10.1. The van der Waals surface area contributed by atoms with Crippen LogP contribution in [0, 0.1) is 18.3 Å². The number of hydrogen-bond acceptors (Lipinski definition) is 5. The third kappa shape index (κ3) is 3.35. The fraction of sp³-hybridized carbons (Fsp3) is 0.412. The summed E-state index contributed by atoms with van der Waals surface area (Å²) < 4.78 is 12.6. The van der Waals surface area contributed by atoms with Crippen molar-refractivity contribution in [3.8, 4) is 12.0 Å². The molecule has 0 atom stereocenters. The van der Waals surface area contributed by atoms with Gasteiger partial charge >= 0.3 is 0 Å². The summed E-state index contributed by atoms with van der Waals surface area (Å²) in [4.78, 5) is 14.7. The first kappa shape index (κ1) is 16.3. The molecule has 1 saturated heterocycles. The number of morpholine rings is 1. The number of nitrogens with zero attached hydrogens (tertiary/aromatic N) is 3. The molecule has 0 saturated carbocycles. The van der Waals surface area contributed by atoms with Crippen LogP contribution in [0.2, 0.25) is 0 Å². The van der Waals surface area contributed by atoms with E-state index in [0.29, 0.717) is 23.8 Å². The van der Waals surface area contributed by atoms with E-state index < -0.39 is 0 Å². The molecule has 1 N–H and O–H groups in total. The SMILES string of the molecule is Cc1oc(-n2cccc2)c(C#N)c1C(=O)NCCN1CCOCC1. The molecule has 2 aromatic heterocycles. The topological polar surface area (TPSA) is 83.4 Å². The maximum absolute atomic E-state index is 12.5. The van der Waals surface area contributed by atoms with E-state index in [-0.39, 0.29) is 11.5 Å². The molecule has 7 heteroatoms. The van der Waals surface area contributed by atoms with Gasteiger partial charge in [0.25, 0.3) is 5.91 Å². The van der Waals surface area contributed by atoms with Crippen LogP contribution in [0.25, 0.3) is 5.88 Å². The first-order valence-electron chi connectivity index (χ1n) is 7.96. The molecule has 2 aromatic rings. The second kappa shape index (κ2) is 7.34. The molecule has 126 valence electrons. The lowest BCUT2D eigenvalue weighted by molar-refractivity contribution is 0.0383. The zero-order valence-electron chi connectivity index (χ0n) is 13.6. The van der Waals surface area contributed by atoms with E-state index in [2.05, 4.69) is 16.3 Å². The second-order valence-electron chi connectivity index (χ2n) is 5.63. The lowest BCUT2D eigenvalue weighted by Gasteiger charge is -2.26. The number of aromatic nitrogens is 1. The predicted octanol–water partition coefficient (Wildman–Crippen LogP) is 1.31. The zero-order chi connectivity index (χ0) is 16.9. The number of ether oxygens (including phenoxy) is 1. The fourth-order valence-electron chi connectivity index (χ4n) is 2.80. The molecule has 24 heavy (non-hydrogen) atoms. The molecule has 1 amide bonds. The van der Waals surface area contributed by atoms with Crippen molar-refractivity contribution in [2.75, 3.05) is 39.4 Å². The van der Waals surface area contributed by atoms with Crippen molar-refractivity contribution in [1.29, 1.82) is 5.26 Å². The summed E-state index contributed by atoms with van der Waals surface area (Å²) in [7, 11) is 0. The Morgan fingerprint density at radius 3 is 2.71 bits per heavy atom. The average Bonchev–Trinajstić information content (AvgIpc) is 3.22. The molecule has 3 heterocycles. The van der Waals surface area contributed by atoms with E-state index in [0.717, 1.165) is 32.8 Å². The number of nitriles is 1. The van der Waals surface area contributed by atoms with Gasteiger partial charge in [0.05, 0.1) is 13.2 Å². The molecule has 7 nitrogen and oxygen atoms in total. The first-order chi connectivity index (χ1) is 11.7. The van der Waals surface area contributed by atoms with Crippen LogP contribution in [0.1, 0.15) is 21.7 Å². The summed E-state index contributed by atoms with van der Waals surface area (Å²) in [6.07, 6.45) is 3.55. The number of nitrogens with one attached hydrogen (secondary N) is 1. The Hall–Kier alpha value is -2.56. The van der Waals surface area contributed by atoms with Crippen LogP contribution in [0.5, 0.6) is 0 Å². The molecular weight excluding hydrogens is 308 g/mol. The van der Waals surface area contributed by atoms with Crippen LogP contribution in [-0.4, -0.2) is 54.8 Å². The second-order valence-corrected chi connectivity index (χ2v) is 5.63. The highest BCUT2D eigenvalue weighted by molar-refractivity contribution is 5.98. The van der Waals surface area contributed by atoms with Gasteiger partial charge in [-0.1, -0.05) is 0 Å². The maximum atomic E-state index is 12.5. The number of amides is 1. The van der Waals surface area contributed by atoms with Gasteiger partial charge in [0.1, 0.15) is 23.0 Å². The van der Waals surface area contributed by atoms with Crippen molar-refractivity contribution in [2.24, 2.45) is 0 Å². The van der Waals surface area contributed by atoms with Crippen LogP contribution in [0.15, 0.2) is 28.9 Å². The van der Waals surface area contributed by atoms with Crippen molar-refractivity contribution in [3.05, 3.63) is 41.4 Å². The highest BCUT2D eigenvalue weighted by Crippen LogP contribution is 2.25. The number of aryl methyl sites for hydroxylation is 1. The van der Waals surface area contributed by atoms with Gasteiger partial charge in [-0.05, 0) is 19.1 Å². The van der Waals surface area contributed by atoms with Gasteiger partial charge in [-0.15, -0.1) is 0 Å².